The van der Waals surface area contributed by atoms with Crippen LogP contribution in [0.3, 0.4) is 0 Å². The van der Waals surface area contributed by atoms with E-state index in [1.54, 1.807) is 36.4 Å². The Kier molecular flexibility index (Phi) is 7.71. The lowest BCUT2D eigenvalue weighted by Gasteiger charge is -2.28. The SMILES string of the molecule is CC(=O)O[C@H](C(=O)N(CCc1ccc(C(F)(F)F)cn1)c1ccc(C)c(C)c1)c1ccccc1. The second kappa shape index (κ2) is 10.5. The molecule has 0 fully saturated rings. The topological polar surface area (TPSA) is 59.5 Å². The van der Waals surface area contributed by atoms with Gasteiger partial charge in [-0.2, -0.15) is 13.2 Å². The van der Waals surface area contributed by atoms with Gasteiger partial charge < -0.3 is 9.64 Å². The number of esters is 1. The smallest absolute Gasteiger partial charge is 0.417 e. The van der Waals surface area contributed by atoms with Gasteiger partial charge in [0, 0.05) is 43.0 Å². The highest BCUT2D eigenvalue weighted by Gasteiger charge is 2.31. The van der Waals surface area contributed by atoms with E-state index in [4.69, 9.17) is 4.74 Å². The van der Waals surface area contributed by atoms with Crippen LogP contribution in [0.2, 0.25) is 0 Å². The molecule has 34 heavy (non-hydrogen) atoms. The Morgan fingerprint density at radius 3 is 2.26 bits per heavy atom. The molecule has 1 aromatic heterocycles. The molecule has 5 nitrogen and oxygen atoms in total. The van der Waals surface area contributed by atoms with Gasteiger partial charge in [-0.05, 0) is 49.2 Å². The molecule has 178 valence electrons. The summed E-state index contributed by atoms with van der Waals surface area (Å²) in [5.74, 6) is -1.07. The number of carbonyl (C=O) groups excluding carboxylic acids is 2. The molecule has 0 radical (unpaired) electrons. The van der Waals surface area contributed by atoms with Gasteiger partial charge >= 0.3 is 12.1 Å². The molecule has 0 saturated carbocycles. The van der Waals surface area contributed by atoms with Crippen molar-refractivity contribution in [3.63, 3.8) is 0 Å². The van der Waals surface area contributed by atoms with Crippen LogP contribution in [0.15, 0.2) is 66.9 Å². The van der Waals surface area contributed by atoms with E-state index >= 15 is 0 Å². The first-order valence-electron chi connectivity index (χ1n) is 10.7. The number of rotatable bonds is 7. The minimum atomic E-state index is -4.47. The third-order valence-electron chi connectivity index (χ3n) is 5.42. The average molecular weight is 470 g/mol. The van der Waals surface area contributed by atoms with E-state index in [2.05, 4.69) is 4.98 Å². The highest BCUT2D eigenvalue weighted by atomic mass is 19.4. The maximum Gasteiger partial charge on any atom is 0.417 e. The van der Waals surface area contributed by atoms with Gasteiger partial charge in [0.25, 0.3) is 5.91 Å². The molecule has 1 atom stereocenters. The zero-order valence-corrected chi connectivity index (χ0v) is 19.1. The summed E-state index contributed by atoms with van der Waals surface area (Å²) in [6.45, 7) is 5.22. The molecule has 1 heterocycles. The van der Waals surface area contributed by atoms with Crippen LogP contribution >= 0.6 is 0 Å². The number of hydrogen-bond acceptors (Lipinski definition) is 4. The van der Waals surface area contributed by atoms with Crippen molar-refractivity contribution < 1.29 is 27.5 Å². The Morgan fingerprint density at radius 1 is 1.00 bits per heavy atom. The number of pyridine rings is 1. The van der Waals surface area contributed by atoms with Gasteiger partial charge in [-0.1, -0.05) is 36.4 Å². The van der Waals surface area contributed by atoms with Crippen LogP contribution in [0.25, 0.3) is 0 Å². The van der Waals surface area contributed by atoms with Gasteiger partial charge in [0.15, 0.2) is 0 Å². The van der Waals surface area contributed by atoms with E-state index < -0.39 is 29.7 Å². The van der Waals surface area contributed by atoms with Crippen LogP contribution in [0.5, 0.6) is 0 Å². The number of benzene rings is 2. The van der Waals surface area contributed by atoms with E-state index in [0.29, 0.717) is 16.9 Å². The van der Waals surface area contributed by atoms with E-state index in [-0.39, 0.29) is 13.0 Å². The number of carbonyl (C=O) groups is 2. The molecule has 1 amide bonds. The van der Waals surface area contributed by atoms with Gasteiger partial charge in [-0.3, -0.25) is 14.6 Å². The minimum Gasteiger partial charge on any atom is -0.447 e. The van der Waals surface area contributed by atoms with Crippen molar-refractivity contribution in [2.75, 3.05) is 11.4 Å². The summed E-state index contributed by atoms with van der Waals surface area (Å²) >= 11 is 0. The number of amides is 1. The maximum absolute atomic E-state index is 13.7. The van der Waals surface area contributed by atoms with Crippen molar-refractivity contribution in [1.29, 1.82) is 0 Å². The Labute approximate surface area is 196 Å². The van der Waals surface area contributed by atoms with Crippen molar-refractivity contribution in [3.8, 4) is 0 Å². The molecule has 0 saturated heterocycles. The molecule has 0 bridgehead atoms. The number of hydrogen-bond donors (Lipinski definition) is 0. The molecular formula is C26H25F3N2O3. The fourth-order valence-corrected chi connectivity index (χ4v) is 3.42. The van der Waals surface area contributed by atoms with Crippen LogP contribution in [0.4, 0.5) is 18.9 Å². The van der Waals surface area contributed by atoms with E-state index in [9.17, 15) is 22.8 Å². The summed E-state index contributed by atoms with van der Waals surface area (Å²) in [5.41, 5.74) is 2.68. The average Bonchev–Trinajstić information content (AvgIpc) is 2.80. The zero-order valence-electron chi connectivity index (χ0n) is 19.1. The maximum atomic E-state index is 13.7. The Balaban J connectivity index is 1.93. The molecule has 3 rings (SSSR count). The fraction of sp³-hybridized carbons (Fsp3) is 0.269. The van der Waals surface area contributed by atoms with Gasteiger partial charge in [0.2, 0.25) is 6.10 Å². The Bertz CT molecular complexity index is 1150. The molecule has 0 unspecified atom stereocenters. The minimum absolute atomic E-state index is 0.129. The number of anilines is 1. The van der Waals surface area contributed by atoms with Gasteiger partial charge in [0.05, 0.1) is 5.56 Å². The van der Waals surface area contributed by atoms with Crippen LogP contribution < -0.4 is 4.90 Å². The summed E-state index contributed by atoms with van der Waals surface area (Å²) in [4.78, 5) is 30.8. The molecule has 0 aliphatic carbocycles. The monoisotopic (exact) mass is 470 g/mol. The standard InChI is InChI=1S/C26H25F3N2O3/c1-17-9-12-23(15-18(17)2)31(14-13-22-11-10-21(16-30-22)26(27,28)29)25(33)24(34-19(3)32)20-7-5-4-6-8-20/h4-12,15-16,24H,13-14H2,1-3H3/t24-/m0/s1. The molecule has 2 aromatic carbocycles. The van der Waals surface area contributed by atoms with Gasteiger partial charge in [-0.15, -0.1) is 0 Å². The van der Waals surface area contributed by atoms with Gasteiger partial charge in [0.1, 0.15) is 0 Å². The molecule has 0 N–H and O–H groups in total. The number of alkyl halides is 3. The van der Waals surface area contributed by atoms with Crippen LogP contribution in [-0.2, 0) is 26.9 Å². The first-order chi connectivity index (χ1) is 16.1. The number of aromatic nitrogens is 1. The highest BCUT2D eigenvalue weighted by molar-refractivity contribution is 5.98. The lowest BCUT2D eigenvalue weighted by Crippen LogP contribution is -2.38. The molecular weight excluding hydrogens is 445 g/mol. The Hall–Kier alpha value is -3.68. The number of aryl methyl sites for hydroxylation is 2. The zero-order chi connectivity index (χ0) is 24.9. The first-order valence-corrected chi connectivity index (χ1v) is 10.7. The number of ether oxygens (including phenoxy) is 1. The van der Waals surface area contributed by atoms with Crippen molar-refractivity contribution in [1.82, 2.24) is 4.98 Å². The highest BCUT2D eigenvalue weighted by Crippen LogP contribution is 2.29. The predicted octanol–water partition coefficient (Wildman–Crippen LogP) is 5.60. The fourth-order valence-electron chi connectivity index (χ4n) is 3.42. The summed E-state index contributed by atoms with van der Waals surface area (Å²) in [6, 6.07) is 16.4. The lowest BCUT2D eigenvalue weighted by atomic mass is 10.1. The second-order valence-corrected chi connectivity index (χ2v) is 7.94. The third kappa shape index (κ3) is 6.21. The van der Waals surface area contributed by atoms with E-state index in [1.165, 1.54) is 17.9 Å². The predicted molar refractivity (Wildman–Crippen MR) is 122 cm³/mol. The molecule has 8 heteroatoms. The molecule has 0 aliphatic rings. The van der Waals surface area contributed by atoms with E-state index in [1.807, 2.05) is 26.0 Å². The quantitative estimate of drug-likeness (QED) is 0.422. The summed E-state index contributed by atoms with van der Waals surface area (Å²) in [5, 5.41) is 0. The summed E-state index contributed by atoms with van der Waals surface area (Å²) in [7, 11) is 0. The second-order valence-electron chi connectivity index (χ2n) is 7.94. The lowest BCUT2D eigenvalue weighted by molar-refractivity contribution is -0.153. The van der Waals surface area contributed by atoms with Crippen LogP contribution in [0, 0.1) is 13.8 Å². The molecule has 3 aromatic rings. The number of halogens is 3. The van der Waals surface area contributed by atoms with Crippen molar-refractivity contribution in [2.45, 2.75) is 39.5 Å². The van der Waals surface area contributed by atoms with Crippen molar-refractivity contribution >= 4 is 17.6 Å². The molecule has 0 aliphatic heterocycles. The summed E-state index contributed by atoms with van der Waals surface area (Å²) < 4.78 is 43.9. The first kappa shape index (κ1) is 25.0. The number of nitrogens with zero attached hydrogens (tertiary/aromatic N) is 2. The summed E-state index contributed by atoms with van der Waals surface area (Å²) in [6.07, 6.45) is -4.65. The van der Waals surface area contributed by atoms with Gasteiger partial charge in [-0.25, -0.2) is 0 Å². The largest absolute Gasteiger partial charge is 0.447 e. The molecule has 0 spiro atoms. The van der Waals surface area contributed by atoms with Crippen molar-refractivity contribution in [3.05, 3.63) is 94.8 Å². The van der Waals surface area contributed by atoms with Crippen LogP contribution in [-0.4, -0.2) is 23.4 Å². The normalized spacial score (nSPS) is 12.2. The third-order valence-corrected chi connectivity index (χ3v) is 5.42. The van der Waals surface area contributed by atoms with Crippen molar-refractivity contribution in [2.24, 2.45) is 0 Å². The Morgan fingerprint density at radius 2 is 1.71 bits per heavy atom. The van der Waals surface area contributed by atoms with E-state index in [0.717, 1.165) is 23.4 Å². The van der Waals surface area contributed by atoms with Crippen LogP contribution in [0.1, 0.15) is 41.0 Å².